The van der Waals surface area contributed by atoms with Crippen molar-refractivity contribution in [2.45, 2.75) is 0 Å². The first-order chi connectivity index (χ1) is 8.74. The van der Waals surface area contributed by atoms with Crippen LogP contribution in [0.1, 0.15) is 10.4 Å². The molecule has 0 aliphatic rings. The smallest absolute Gasteiger partial charge is 0.259 e. The van der Waals surface area contributed by atoms with Crippen LogP contribution in [0.15, 0.2) is 18.3 Å². The lowest BCUT2D eigenvalue weighted by Crippen LogP contribution is -2.37. The average molecular weight is 253 g/mol. The van der Waals surface area contributed by atoms with E-state index in [1.54, 1.807) is 30.3 Å². The summed E-state index contributed by atoms with van der Waals surface area (Å²) in [4.78, 5) is 18.0. The van der Waals surface area contributed by atoms with E-state index in [4.69, 9.17) is 15.2 Å². The van der Waals surface area contributed by atoms with Gasteiger partial charge in [-0.1, -0.05) is 0 Å². The summed E-state index contributed by atoms with van der Waals surface area (Å²) < 4.78 is 10.1. The van der Waals surface area contributed by atoms with Gasteiger partial charge in [0.15, 0.2) is 0 Å². The van der Waals surface area contributed by atoms with Gasteiger partial charge in [0, 0.05) is 32.9 Å². The highest BCUT2D eigenvalue weighted by Crippen LogP contribution is 2.15. The van der Waals surface area contributed by atoms with E-state index in [2.05, 4.69) is 4.98 Å². The molecule has 0 atom stereocenters. The van der Waals surface area contributed by atoms with Crippen molar-refractivity contribution in [1.82, 2.24) is 9.88 Å². The van der Waals surface area contributed by atoms with Gasteiger partial charge < -0.3 is 20.1 Å². The van der Waals surface area contributed by atoms with Crippen molar-refractivity contribution >= 4 is 5.91 Å². The standard InChI is InChI=1S/C12H19N3O3/c1-17-9-8-15(7-5-13)12(16)10-4-3-6-14-11(10)18-2/h3-4,6H,5,7-9,13H2,1-2H3. The number of rotatable bonds is 7. The molecule has 1 amide bonds. The number of pyridine rings is 1. The molecule has 0 saturated heterocycles. The average Bonchev–Trinajstić information content (AvgIpc) is 2.42. The third kappa shape index (κ3) is 3.68. The van der Waals surface area contributed by atoms with Crippen molar-refractivity contribution in [3.8, 4) is 5.88 Å². The second-order valence-corrected chi connectivity index (χ2v) is 3.63. The number of ether oxygens (including phenoxy) is 2. The highest BCUT2D eigenvalue weighted by Gasteiger charge is 2.19. The molecule has 1 aromatic heterocycles. The third-order valence-corrected chi connectivity index (χ3v) is 2.45. The molecule has 100 valence electrons. The fourth-order valence-electron chi connectivity index (χ4n) is 1.56. The lowest BCUT2D eigenvalue weighted by atomic mass is 10.2. The molecule has 1 rings (SSSR count). The van der Waals surface area contributed by atoms with Crippen molar-refractivity contribution in [3.63, 3.8) is 0 Å². The van der Waals surface area contributed by atoms with E-state index < -0.39 is 0 Å². The molecule has 0 spiro atoms. The predicted molar refractivity (Wildman–Crippen MR) is 67.6 cm³/mol. The summed E-state index contributed by atoms with van der Waals surface area (Å²) in [5.41, 5.74) is 5.94. The van der Waals surface area contributed by atoms with Crippen molar-refractivity contribution in [1.29, 1.82) is 0 Å². The van der Waals surface area contributed by atoms with Gasteiger partial charge in [0.25, 0.3) is 5.91 Å². The topological polar surface area (TPSA) is 77.7 Å². The Hall–Kier alpha value is -1.66. The van der Waals surface area contributed by atoms with Crippen LogP contribution in [0.5, 0.6) is 5.88 Å². The molecule has 0 aromatic carbocycles. The first-order valence-electron chi connectivity index (χ1n) is 5.71. The largest absolute Gasteiger partial charge is 0.480 e. The Morgan fingerprint density at radius 3 is 2.83 bits per heavy atom. The summed E-state index contributed by atoms with van der Waals surface area (Å²) in [7, 11) is 3.08. The zero-order chi connectivity index (χ0) is 13.4. The van der Waals surface area contributed by atoms with E-state index in [1.807, 2.05) is 0 Å². The molecule has 0 fully saturated rings. The van der Waals surface area contributed by atoms with Crippen LogP contribution < -0.4 is 10.5 Å². The summed E-state index contributed by atoms with van der Waals surface area (Å²) in [6, 6.07) is 3.39. The molecule has 2 N–H and O–H groups in total. The van der Waals surface area contributed by atoms with Crippen molar-refractivity contribution < 1.29 is 14.3 Å². The number of nitrogens with two attached hydrogens (primary N) is 1. The van der Waals surface area contributed by atoms with Gasteiger partial charge in [-0.2, -0.15) is 0 Å². The minimum absolute atomic E-state index is 0.151. The Kier molecular flexibility index (Phi) is 6.10. The van der Waals surface area contributed by atoms with E-state index >= 15 is 0 Å². The molecule has 0 saturated carbocycles. The van der Waals surface area contributed by atoms with Gasteiger partial charge in [0.1, 0.15) is 5.56 Å². The van der Waals surface area contributed by atoms with E-state index in [-0.39, 0.29) is 5.91 Å². The van der Waals surface area contributed by atoms with Gasteiger partial charge in [-0.15, -0.1) is 0 Å². The van der Waals surface area contributed by atoms with Crippen LogP contribution in [0.25, 0.3) is 0 Å². The Bertz CT molecular complexity index is 385. The maximum absolute atomic E-state index is 12.3. The predicted octanol–water partition coefficient (Wildman–Crippen LogP) is 0.138. The number of methoxy groups -OCH3 is 2. The summed E-state index contributed by atoms with van der Waals surface area (Å²) in [5.74, 6) is 0.171. The maximum atomic E-state index is 12.3. The molecule has 0 aliphatic carbocycles. The van der Waals surface area contributed by atoms with Gasteiger partial charge >= 0.3 is 0 Å². The van der Waals surface area contributed by atoms with E-state index in [9.17, 15) is 4.79 Å². The minimum Gasteiger partial charge on any atom is -0.480 e. The van der Waals surface area contributed by atoms with Gasteiger partial charge in [-0.3, -0.25) is 4.79 Å². The lowest BCUT2D eigenvalue weighted by molar-refractivity contribution is 0.0697. The Balaban J connectivity index is 2.86. The molecule has 6 nitrogen and oxygen atoms in total. The monoisotopic (exact) mass is 253 g/mol. The highest BCUT2D eigenvalue weighted by molar-refractivity contribution is 5.96. The summed E-state index contributed by atoms with van der Waals surface area (Å²) in [5, 5.41) is 0. The molecule has 1 heterocycles. The number of amides is 1. The molecule has 1 aromatic rings. The van der Waals surface area contributed by atoms with Crippen LogP contribution in [0.4, 0.5) is 0 Å². The highest BCUT2D eigenvalue weighted by atomic mass is 16.5. The second-order valence-electron chi connectivity index (χ2n) is 3.63. The molecule has 6 heteroatoms. The molecule has 0 unspecified atom stereocenters. The minimum atomic E-state index is -0.151. The summed E-state index contributed by atoms with van der Waals surface area (Å²) in [6.45, 7) is 1.83. The normalized spacial score (nSPS) is 10.2. The number of carbonyl (C=O) groups excluding carboxylic acids is 1. The number of nitrogens with zero attached hydrogens (tertiary/aromatic N) is 2. The van der Waals surface area contributed by atoms with Crippen molar-refractivity contribution in [3.05, 3.63) is 23.9 Å². The third-order valence-electron chi connectivity index (χ3n) is 2.45. The molecule has 0 aliphatic heterocycles. The van der Waals surface area contributed by atoms with Crippen molar-refractivity contribution in [2.75, 3.05) is 40.5 Å². The van der Waals surface area contributed by atoms with Gasteiger partial charge in [0.05, 0.1) is 13.7 Å². The molecular formula is C12H19N3O3. The van der Waals surface area contributed by atoms with E-state index in [0.29, 0.717) is 37.7 Å². The maximum Gasteiger partial charge on any atom is 0.259 e. The SMILES string of the molecule is COCCN(CCN)C(=O)c1cccnc1OC. The van der Waals surface area contributed by atoms with E-state index in [0.717, 1.165) is 0 Å². The zero-order valence-corrected chi connectivity index (χ0v) is 10.8. The molecular weight excluding hydrogens is 234 g/mol. The number of aromatic nitrogens is 1. The number of hydrogen-bond acceptors (Lipinski definition) is 5. The fraction of sp³-hybridized carbons (Fsp3) is 0.500. The fourth-order valence-corrected chi connectivity index (χ4v) is 1.56. The quantitative estimate of drug-likeness (QED) is 0.747. The van der Waals surface area contributed by atoms with E-state index in [1.165, 1.54) is 7.11 Å². The van der Waals surface area contributed by atoms with Crippen LogP contribution in [0.2, 0.25) is 0 Å². The van der Waals surface area contributed by atoms with Crippen LogP contribution in [-0.2, 0) is 4.74 Å². The zero-order valence-electron chi connectivity index (χ0n) is 10.8. The Morgan fingerprint density at radius 2 is 2.22 bits per heavy atom. The van der Waals surface area contributed by atoms with Gasteiger partial charge in [0.2, 0.25) is 5.88 Å². The number of carbonyl (C=O) groups is 1. The van der Waals surface area contributed by atoms with Gasteiger partial charge in [-0.25, -0.2) is 4.98 Å². The number of hydrogen-bond donors (Lipinski definition) is 1. The Morgan fingerprint density at radius 1 is 1.44 bits per heavy atom. The first-order valence-corrected chi connectivity index (χ1v) is 5.71. The Labute approximate surface area is 107 Å². The van der Waals surface area contributed by atoms with Crippen LogP contribution in [0.3, 0.4) is 0 Å². The molecule has 0 radical (unpaired) electrons. The molecule has 0 bridgehead atoms. The summed E-state index contributed by atoms with van der Waals surface area (Å²) >= 11 is 0. The second kappa shape index (κ2) is 7.62. The lowest BCUT2D eigenvalue weighted by Gasteiger charge is -2.22. The van der Waals surface area contributed by atoms with Crippen molar-refractivity contribution in [2.24, 2.45) is 5.73 Å². The molecule has 18 heavy (non-hydrogen) atoms. The van der Waals surface area contributed by atoms with Crippen LogP contribution in [0, 0.1) is 0 Å². The van der Waals surface area contributed by atoms with Gasteiger partial charge in [-0.05, 0) is 12.1 Å². The first kappa shape index (κ1) is 14.4. The summed E-state index contributed by atoms with van der Waals surface area (Å²) in [6.07, 6.45) is 1.58. The van der Waals surface area contributed by atoms with Crippen LogP contribution >= 0.6 is 0 Å². The van der Waals surface area contributed by atoms with Crippen LogP contribution in [-0.4, -0.2) is 56.3 Å².